The van der Waals surface area contributed by atoms with Crippen molar-refractivity contribution in [2.75, 3.05) is 19.6 Å². The summed E-state index contributed by atoms with van der Waals surface area (Å²) in [4.78, 5) is 15.2. The lowest BCUT2D eigenvalue weighted by molar-refractivity contribution is 0.0672. The molecule has 1 spiro atoms. The highest BCUT2D eigenvalue weighted by molar-refractivity contribution is 5.94. The second kappa shape index (κ2) is 7.49. The van der Waals surface area contributed by atoms with Crippen molar-refractivity contribution in [3.05, 3.63) is 35.9 Å². The van der Waals surface area contributed by atoms with Crippen molar-refractivity contribution < 1.29 is 4.79 Å². The van der Waals surface area contributed by atoms with E-state index >= 15 is 0 Å². The lowest BCUT2D eigenvalue weighted by Gasteiger charge is -2.44. The minimum atomic E-state index is 0.0991. The normalized spacial score (nSPS) is 23.7. The lowest BCUT2D eigenvalue weighted by atomic mass is 9.73. The minimum Gasteiger partial charge on any atom is -0.349 e. The van der Waals surface area contributed by atoms with Crippen LogP contribution in [-0.2, 0) is 0 Å². The van der Waals surface area contributed by atoms with Crippen LogP contribution in [0, 0.1) is 10.8 Å². The second-order valence-corrected chi connectivity index (χ2v) is 9.30. The zero-order valence-electron chi connectivity index (χ0n) is 16.2. The van der Waals surface area contributed by atoms with E-state index in [-0.39, 0.29) is 5.91 Å². The molecule has 1 aromatic carbocycles. The molecule has 1 aliphatic heterocycles. The van der Waals surface area contributed by atoms with E-state index in [1.807, 2.05) is 30.3 Å². The number of carbonyl (C=O) groups excluding carboxylic acids is 1. The molecule has 1 aliphatic carbocycles. The van der Waals surface area contributed by atoms with Crippen molar-refractivity contribution >= 4 is 5.91 Å². The van der Waals surface area contributed by atoms with Gasteiger partial charge < -0.3 is 10.2 Å². The van der Waals surface area contributed by atoms with E-state index in [9.17, 15) is 4.79 Å². The maximum absolute atomic E-state index is 12.6. The molecule has 1 saturated heterocycles. The number of benzene rings is 1. The van der Waals surface area contributed by atoms with Crippen molar-refractivity contribution in [3.63, 3.8) is 0 Å². The van der Waals surface area contributed by atoms with Gasteiger partial charge in [-0.2, -0.15) is 0 Å². The molecule has 2 aliphatic rings. The van der Waals surface area contributed by atoms with Crippen molar-refractivity contribution in [1.82, 2.24) is 10.2 Å². The summed E-state index contributed by atoms with van der Waals surface area (Å²) in [6.07, 6.45) is 7.39. The standard InChI is InChI=1S/C22H34N2O/c1-21(2,3)12-15-24-16-13-22(14-17-24)11-7-10-19(22)23-20(25)18-8-5-4-6-9-18/h4-6,8-9,19H,7,10-17H2,1-3H3,(H,23,25). The molecule has 25 heavy (non-hydrogen) atoms. The summed E-state index contributed by atoms with van der Waals surface area (Å²) in [5.41, 5.74) is 1.53. The lowest BCUT2D eigenvalue weighted by Crippen LogP contribution is -2.50. The molecule has 3 heteroatoms. The van der Waals surface area contributed by atoms with Gasteiger partial charge in [0.05, 0.1) is 0 Å². The smallest absolute Gasteiger partial charge is 0.251 e. The Balaban J connectivity index is 1.56. The zero-order chi connectivity index (χ0) is 17.9. The number of hydrogen-bond acceptors (Lipinski definition) is 2. The van der Waals surface area contributed by atoms with E-state index in [0.29, 0.717) is 16.9 Å². The molecule has 2 fully saturated rings. The number of amides is 1. The predicted molar refractivity (Wildman–Crippen MR) is 104 cm³/mol. The van der Waals surface area contributed by atoms with Gasteiger partial charge in [-0.1, -0.05) is 45.4 Å². The Labute approximate surface area is 153 Å². The van der Waals surface area contributed by atoms with Crippen LogP contribution in [0.2, 0.25) is 0 Å². The molecule has 1 atom stereocenters. The van der Waals surface area contributed by atoms with E-state index < -0.39 is 0 Å². The van der Waals surface area contributed by atoms with Crippen LogP contribution in [0.4, 0.5) is 0 Å². The monoisotopic (exact) mass is 342 g/mol. The molecular formula is C22H34N2O. The fourth-order valence-corrected chi connectivity index (χ4v) is 4.51. The summed E-state index contributed by atoms with van der Waals surface area (Å²) in [7, 11) is 0. The first-order valence-electron chi connectivity index (χ1n) is 9.96. The van der Waals surface area contributed by atoms with Gasteiger partial charge in [0.15, 0.2) is 0 Å². The van der Waals surface area contributed by atoms with E-state index in [2.05, 4.69) is 31.0 Å². The Morgan fingerprint density at radius 1 is 1.16 bits per heavy atom. The molecule has 1 amide bonds. The largest absolute Gasteiger partial charge is 0.349 e. The van der Waals surface area contributed by atoms with E-state index in [1.54, 1.807) is 0 Å². The van der Waals surface area contributed by atoms with Crippen molar-refractivity contribution in [2.24, 2.45) is 10.8 Å². The fraction of sp³-hybridized carbons (Fsp3) is 0.682. The molecule has 1 heterocycles. The van der Waals surface area contributed by atoms with E-state index in [4.69, 9.17) is 0 Å². The van der Waals surface area contributed by atoms with Crippen LogP contribution in [0.25, 0.3) is 0 Å². The van der Waals surface area contributed by atoms with Gasteiger partial charge in [0.1, 0.15) is 0 Å². The quantitative estimate of drug-likeness (QED) is 0.874. The van der Waals surface area contributed by atoms with Gasteiger partial charge >= 0.3 is 0 Å². The number of likely N-dealkylation sites (tertiary alicyclic amines) is 1. The highest BCUT2D eigenvalue weighted by Gasteiger charge is 2.45. The van der Waals surface area contributed by atoms with Crippen molar-refractivity contribution in [3.8, 4) is 0 Å². The Hall–Kier alpha value is -1.35. The summed E-state index contributed by atoms with van der Waals surface area (Å²) in [5, 5.41) is 3.37. The number of nitrogens with zero attached hydrogens (tertiary/aromatic N) is 1. The number of rotatable bonds is 4. The summed E-state index contributed by atoms with van der Waals surface area (Å²) in [5.74, 6) is 0.0991. The fourth-order valence-electron chi connectivity index (χ4n) is 4.51. The molecule has 3 nitrogen and oxygen atoms in total. The van der Waals surface area contributed by atoms with Gasteiger partial charge in [-0.05, 0) is 74.7 Å². The number of piperidine rings is 1. The molecular weight excluding hydrogens is 308 g/mol. The number of nitrogens with one attached hydrogen (secondary N) is 1. The van der Waals surface area contributed by atoms with E-state index in [1.165, 1.54) is 51.7 Å². The van der Waals surface area contributed by atoms with Gasteiger partial charge in [0.25, 0.3) is 5.91 Å². The van der Waals surface area contributed by atoms with Crippen LogP contribution in [0.15, 0.2) is 30.3 Å². The molecule has 1 saturated carbocycles. The predicted octanol–water partition coefficient (Wildman–Crippen LogP) is 4.49. The number of hydrogen-bond donors (Lipinski definition) is 1. The van der Waals surface area contributed by atoms with Gasteiger partial charge in [-0.15, -0.1) is 0 Å². The third-order valence-corrected chi connectivity index (χ3v) is 6.28. The first kappa shape index (κ1) is 18.4. The molecule has 1 unspecified atom stereocenters. The minimum absolute atomic E-state index is 0.0991. The SMILES string of the molecule is CC(C)(C)CCN1CCC2(CCCC2NC(=O)c2ccccc2)CC1. The Bertz CT molecular complexity index is 567. The summed E-state index contributed by atoms with van der Waals surface area (Å²) in [6.45, 7) is 10.6. The average Bonchev–Trinajstić information content (AvgIpc) is 2.96. The molecule has 0 aromatic heterocycles. The highest BCUT2D eigenvalue weighted by Crippen LogP contribution is 2.46. The maximum atomic E-state index is 12.6. The zero-order valence-corrected chi connectivity index (χ0v) is 16.2. The summed E-state index contributed by atoms with van der Waals surface area (Å²) < 4.78 is 0. The van der Waals surface area contributed by atoms with E-state index in [0.717, 1.165) is 12.0 Å². The number of carbonyl (C=O) groups is 1. The van der Waals surface area contributed by atoms with Crippen LogP contribution >= 0.6 is 0 Å². The van der Waals surface area contributed by atoms with Gasteiger partial charge in [-0.25, -0.2) is 0 Å². The van der Waals surface area contributed by atoms with Crippen LogP contribution in [0.3, 0.4) is 0 Å². The Kier molecular flexibility index (Phi) is 5.52. The molecule has 0 bridgehead atoms. The molecule has 1 N–H and O–H groups in total. The third kappa shape index (κ3) is 4.63. The molecule has 3 rings (SSSR count). The van der Waals surface area contributed by atoms with Crippen LogP contribution < -0.4 is 5.32 Å². The molecule has 138 valence electrons. The molecule has 0 radical (unpaired) electrons. The van der Waals surface area contributed by atoms with Gasteiger partial charge in [0, 0.05) is 11.6 Å². The third-order valence-electron chi connectivity index (χ3n) is 6.28. The van der Waals surface area contributed by atoms with Crippen molar-refractivity contribution in [2.45, 2.75) is 65.3 Å². The van der Waals surface area contributed by atoms with Crippen LogP contribution in [0.5, 0.6) is 0 Å². The average molecular weight is 343 g/mol. The van der Waals surface area contributed by atoms with Crippen LogP contribution in [-0.4, -0.2) is 36.5 Å². The first-order chi connectivity index (χ1) is 11.9. The summed E-state index contributed by atoms with van der Waals surface area (Å²) in [6, 6.07) is 10.0. The Morgan fingerprint density at radius 2 is 1.84 bits per heavy atom. The Morgan fingerprint density at radius 3 is 2.48 bits per heavy atom. The summed E-state index contributed by atoms with van der Waals surface area (Å²) >= 11 is 0. The van der Waals surface area contributed by atoms with Crippen molar-refractivity contribution in [1.29, 1.82) is 0 Å². The van der Waals surface area contributed by atoms with Crippen LogP contribution in [0.1, 0.15) is 69.7 Å². The van der Waals surface area contributed by atoms with Gasteiger partial charge in [-0.3, -0.25) is 4.79 Å². The first-order valence-corrected chi connectivity index (χ1v) is 9.96. The van der Waals surface area contributed by atoms with Gasteiger partial charge in [0.2, 0.25) is 0 Å². The maximum Gasteiger partial charge on any atom is 0.251 e. The second-order valence-electron chi connectivity index (χ2n) is 9.30. The molecule has 1 aromatic rings. The highest BCUT2D eigenvalue weighted by atomic mass is 16.1. The topological polar surface area (TPSA) is 32.3 Å².